The lowest BCUT2D eigenvalue weighted by atomic mass is 9.85. The Labute approximate surface area is 206 Å². The molecule has 0 unspecified atom stereocenters. The molecule has 186 valence electrons. The van der Waals surface area contributed by atoms with Gasteiger partial charge in [0.1, 0.15) is 6.61 Å². The lowest BCUT2D eigenvalue weighted by Crippen LogP contribution is -2.42. The summed E-state index contributed by atoms with van der Waals surface area (Å²) in [6, 6.07) is 16.5. The predicted molar refractivity (Wildman–Crippen MR) is 133 cm³/mol. The van der Waals surface area contributed by atoms with Gasteiger partial charge in [0.2, 0.25) is 5.91 Å². The van der Waals surface area contributed by atoms with E-state index in [9.17, 15) is 19.5 Å². The van der Waals surface area contributed by atoms with Crippen molar-refractivity contribution in [2.45, 2.75) is 57.9 Å². The SMILES string of the molecule is CC(C)(CCNC(=O)C1CCC(NC(=O)OCC2c3ccccc3-c3ccccc32)CC1)C(=O)O. The average Bonchev–Trinajstić information content (AvgIpc) is 3.16. The first-order chi connectivity index (χ1) is 16.8. The Kier molecular flexibility index (Phi) is 7.43. The topological polar surface area (TPSA) is 105 Å². The first-order valence-corrected chi connectivity index (χ1v) is 12.4. The van der Waals surface area contributed by atoms with Gasteiger partial charge in [-0.3, -0.25) is 9.59 Å². The van der Waals surface area contributed by atoms with Gasteiger partial charge in [-0.2, -0.15) is 0 Å². The average molecular weight is 479 g/mol. The van der Waals surface area contributed by atoms with Crippen molar-refractivity contribution >= 4 is 18.0 Å². The minimum atomic E-state index is -0.869. The molecule has 4 rings (SSSR count). The number of rotatable bonds is 8. The quantitative estimate of drug-likeness (QED) is 0.510. The highest BCUT2D eigenvalue weighted by Gasteiger charge is 2.31. The highest BCUT2D eigenvalue weighted by molar-refractivity contribution is 5.80. The Bertz CT molecular complexity index is 1040. The fourth-order valence-electron chi connectivity index (χ4n) is 5.06. The third-order valence-corrected chi connectivity index (χ3v) is 7.39. The van der Waals surface area contributed by atoms with Crippen LogP contribution in [0.25, 0.3) is 11.1 Å². The molecule has 0 aromatic heterocycles. The zero-order valence-electron chi connectivity index (χ0n) is 20.4. The molecule has 2 amide bonds. The predicted octanol–water partition coefficient (Wildman–Crippen LogP) is 4.70. The van der Waals surface area contributed by atoms with Gasteiger partial charge in [-0.15, -0.1) is 0 Å². The van der Waals surface area contributed by atoms with Crippen molar-refractivity contribution in [3.8, 4) is 11.1 Å². The second kappa shape index (κ2) is 10.5. The molecular formula is C28H34N2O5. The summed E-state index contributed by atoms with van der Waals surface area (Å²) in [6.07, 6.45) is 2.75. The lowest BCUT2D eigenvalue weighted by Gasteiger charge is -2.28. The van der Waals surface area contributed by atoms with E-state index in [0.717, 1.165) is 0 Å². The number of benzene rings is 2. The number of hydrogen-bond acceptors (Lipinski definition) is 4. The van der Waals surface area contributed by atoms with Gasteiger partial charge in [-0.05, 0) is 68.2 Å². The molecule has 2 aromatic carbocycles. The largest absolute Gasteiger partial charge is 0.481 e. The summed E-state index contributed by atoms with van der Waals surface area (Å²) < 4.78 is 5.64. The number of carboxylic acid groups (broad SMARTS) is 1. The van der Waals surface area contributed by atoms with Gasteiger partial charge < -0.3 is 20.5 Å². The summed E-state index contributed by atoms with van der Waals surface area (Å²) in [6.45, 7) is 3.93. The molecule has 1 fully saturated rings. The zero-order valence-corrected chi connectivity index (χ0v) is 20.4. The number of amides is 2. The molecule has 3 N–H and O–H groups in total. The van der Waals surface area contributed by atoms with Crippen molar-refractivity contribution in [3.63, 3.8) is 0 Å². The van der Waals surface area contributed by atoms with Crippen LogP contribution >= 0.6 is 0 Å². The first kappa shape index (κ1) is 24.8. The molecular weight excluding hydrogens is 444 g/mol. The van der Waals surface area contributed by atoms with Gasteiger partial charge in [0.25, 0.3) is 0 Å². The van der Waals surface area contributed by atoms with Crippen LogP contribution in [0.4, 0.5) is 4.79 Å². The van der Waals surface area contributed by atoms with Gasteiger partial charge in [0.15, 0.2) is 0 Å². The van der Waals surface area contributed by atoms with E-state index in [0.29, 0.717) is 38.6 Å². The van der Waals surface area contributed by atoms with Crippen LogP contribution in [-0.4, -0.2) is 42.3 Å². The summed E-state index contributed by atoms with van der Waals surface area (Å²) >= 11 is 0. The van der Waals surface area contributed by atoms with Gasteiger partial charge in [0.05, 0.1) is 5.41 Å². The molecule has 0 atom stereocenters. The summed E-state index contributed by atoms with van der Waals surface area (Å²) in [5.74, 6) is -0.987. The van der Waals surface area contributed by atoms with Crippen molar-refractivity contribution < 1.29 is 24.2 Å². The smallest absolute Gasteiger partial charge is 0.407 e. The van der Waals surface area contributed by atoms with E-state index in [2.05, 4.69) is 34.9 Å². The van der Waals surface area contributed by atoms with E-state index in [1.807, 2.05) is 24.3 Å². The molecule has 0 radical (unpaired) electrons. The minimum Gasteiger partial charge on any atom is -0.481 e. The number of carbonyl (C=O) groups is 3. The van der Waals surface area contributed by atoms with Crippen LogP contribution < -0.4 is 10.6 Å². The van der Waals surface area contributed by atoms with Crippen molar-refractivity contribution in [1.29, 1.82) is 0 Å². The van der Waals surface area contributed by atoms with Crippen molar-refractivity contribution in [2.75, 3.05) is 13.2 Å². The van der Waals surface area contributed by atoms with Crippen LogP contribution in [0, 0.1) is 11.3 Å². The molecule has 0 bridgehead atoms. The Morgan fingerprint density at radius 3 is 2.09 bits per heavy atom. The van der Waals surface area contributed by atoms with E-state index < -0.39 is 17.5 Å². The van der Waals surface area contributed by atoms with E-state index in [4.69, 9.17) is 4.74 Å². The monoisotopic (exact) mass is 478 g/mol. The van der Waals surface area contributed by atoms with E-state index in [1.165, 1.54) is 22.3 Å². The third kappa shape index (κ3) is 5.66. The third-order valence-electron chi connectivity index (χ3n) is 7.39. The summed E-state index contributed by atoms with van der Waals surface area (Å²) in [5.41, 5.74) is 3.89. The van der Waals surface area contributed by atoms with E-state index >= 15 is 0 Å². The Balaban J connectivity index is 1.21. The number of aliphatic carboxylic acids is 1. The van der Waals surface area contributed by atoms with E-state index in [1.54, 1.807) is 13.8 Å². The van der Waals surface area contributed by atoms with Gasteiger partial charge >= 0.3 is 12.1 Å². The number of nitrogens with one attached hydrogen (secondary N) is 2. The van der Waals surface area contributed by atoms with Crippen LogP contribution in [0.2, 0.25) is 0 Å². The maximum atomic E-state index is 12.5. The van der Waals surface area contributed by atoms with E-state index in [-0.39, 0.29) is 30.4 Å². The van der Waals surface area contributed by atoms with Crippen LogP contribution in [-0.2, 0) is 14.3 Å². The zero-order chi connectivity index (χ0) is 25.0. The summed E-state index contributed by atoms with van der Waals surface area (Å²) in [4.78, 5) is 36.2. The Morgan fingerprint density at radius 1 is 0.943 bits per heavy atom. The van der Waals surface area contributed by atoms with Crippen molar-refractivity contribution in [2.24, 2.45) is 11.3 Å². The molecule has 2 aliphatic rings. The van der Waals surface area contributed by atoms with Gasteiger partial charge in [-0.1, -0.05) is 48.5 Å². The highest BCUT2D eigenvalue weighted by Crippen LogP contribution is 2.44. The van der Waals surface area contributed by atoms with Gasteiger partial charge in [-0.25, -0.2) is 4.79 Å². The van der Waals surface area contributed by atoms with Crippen molar-refractivity contribution in [3.05, 3.63) is 59.7 Å². The molecule has 1 saturated carbocycles. The molecule has 0 spiro atoms. The Morgan fingerprint density at radius 2 is 1.51 bits per heavy atom. The van der Waals surface area contributed by atoms with Crippen LogP contribution in [0.5, 0.6) is 0 Å². The van der Waals surface area contributed by atoms with Crippen molar-refractivity contribution in [1.82, 2.24) is 10.6 Å². The fraction of sp³-hybridized carbons (Fsp3) is 0.464. The summed E-state index contributed by atoms with van der Waals surface area (Å²) in [5, 5.41) is 15.0. The van der Waals surface area contributed by atoms with Gasteiger partial charge in [0, 0.05) is 24.4 Å². The molecule has 35 heavy (non-hydrogen) atoms. The molecule has 7 nitrogen and oxygen atoms in total. The fourth-order valence-corrected chi connectivity index (χ4v) is 5.06. The lowest BCUT2D eigenvalue weighted by molar-refractivity contribution is -0.147. The van der Waals surface area contributed by atoms with Crippen LogP contribution in [0.1, 0.15) is 63.0 Å². The molecule has 7 heteroatoms. The second-order valence-corrected chi connectivity index (χ2v) is 10.2. The number of ether oxygens (including phenoxy) is 1. The number of carbonyl (C=O) groups excluding carboxylic acids is 2. The highest BCUT2D eigenvalue weighted by atomic mass is 16.5. The molecule has 2 aliphatic carbocycles. The normalized spacial score (nSPS) is 19.4. The molecule has 2 aromatic rings. The molecule has 0 aliphatic heterocycles. The first-order valence-electron chi connectivity index (χ1n) is 12.4. The number of carboxylic acids is 1. The number of fused-ring (bicyclic) bond motifs is 3. The number of hydrogen-bond donors (Lipinski definition) is 3. The van der Waals surface area contributed by atoms with Crippen LogP contribution in [0.15, 0.2) is 48.5 Å². The second-order valence-electron chi connectivity index (χ2n) is 10.2. The Hall–Kier alpha value is -3.35. The summed E-state index contributed by atoms with van der Waals surface area (Å²) in [7, 11) is 0. The maximum Gasteiger partial charge on any atom is 0.407 e. The minimum absolute atomic E-state index is 0.0133. The molecule has 0 heterocycles. The standard InChI is InChI=1S/C28H34N2O5/c1-28(2,26(32)33)15-16-29-25(31)18-11-13-19(14-12-18)30-27(34)35-17-24-22-9-5-3-7-20(22)21-8-4-6-10-23(21)24/h3-10,18-19,24H,11-17H2,1-2H3,(H,29,31)(H,30,34)(H,32,33). The maximum absolute atomic E-state index is 12.5. The van der Waals surface area contributed by atoms with Crippen LogP contribution in [0.3, 0.4) is 0 Å². The molecule has 0 saturated heterocycles. The number of alkyl carbamates (subject to hydrolysis) is 1.